The highest BCUT2D eigenvalue weighted by molar-refractivity contribution is 5.66. The first-order valence-electron chi connectivity index (χ1n) is 12.1. The molecule has 0 fully saturated rings. The maximum atomic E-state index is 10.4. The summed E-state index contributed by atoms with van der Waals surface area (Å²) in [5, 5.41) is 17.9. The number of hydrogen-bond donors (Lipinski definition) is 2. The van der Waals surface area contributed by atoms with E-state index >= 15 is 0 Å². The Morgan fingerprint density at radius 2 is 1.28 bits per heavy atom. The minimum Gasteiger partial charge on any atom is -0.481 e. The van der Waals surface area contributed by atoms with E-state index < -0.39 is 5.97 Å². The molecule has 0 rings (SSSR count). The SMILES string of the molecule is CC(C)CCCCCCCCCCCCCOC[C@H](CO)OCCCCC(=O)O. The van der Waals surface area contributed by atoms with Crippen molar-refractivity contribution in [3.63, 3.8) is 0 Å². The molecule has 0 unspecified atom stereocenters. The molecular formula is C24H48O5. The van der Waals surface area contributed by atoms with Gasteiger partial charge in [-0.25, -0.2) is 0 Å². The third kappa shape index (κ3) is 23.5. The molecule has 5 nitrogen and oxygen atoms in total. The summed E-state index contributed by atoms with van der Waals surface area (Å²) in [6.45, 7) is 6.16. The predicted molar refractivity (Wildman–Crippen MR) is 119 cm³/mol. The van der Waals surface area contributed by atoms with Crippen LogP contribution in [-0.4, -0.2) is 48.7 Å². The van der Waals surface area contributed by atoms with Crippen LogP contribution in [0.5, 0.6) is 0 Å². The zero-order valence-electron chi connectivity index (χ0n) is 19.2. The second-order valence-electron chi connectivity index (χ2n) is 8.67. The summed E-state index contributed by atoms with van der Waals surface area (Å²) in [6, 6.07) is 0. The highest BCUT2D eigenvalue weighted by Gasteiger charge is 2.08. The summed E-state index contributed by atoms with van der Waals surface area (Å²) < 4.78 is 11.1. The van der Waals surface area contributed by atoms with E-state index in [0.29, 0.717) is 26.1 Å². The zero-order valence-corrected chi connectivity index (χ0v) is 19.2. The number of carboxylic acid groups (broad SMARTS) is 1. The smallest absolute Gasteiger partial charge is 0.303 e. The van der Waals surface area contributed by atoms with Crippen molar-refractivity contribution in [1.82, 2.24) is 0 Å². The molecule has 0 aliphatic heterocycles. The topological polar surface area (TPSA) is 76.0 Å². The molecule has 29 heavy (non-hydrogen) atoms. The fourth-order valence-corrected chi connectivity index (χ4v) is 3.34. The minimum atomic E-state index is -0.778. The molecule has 0 bridgehead atoms. The Balaban J connectivity index is 3.25. The van der Waals surface area contributed by atoms with E-state index in [9.17, 15) is 9.90 Å². The molecule has 0 radical (unpaired) electrons. The molecule has 0 spiro atoms. The van der Waals surface area contributed by atoms with Crippen molar-refractivity contribution < 1.29 is 24.5 Å². The van der Waals surface area contributed by atoms with Gasteiger partial charge in [0.1, 0.15) is 6.10 Å². The molecule has 0 saturated carbocycles. The number of carboxylic acids is 1. The first-order chi connectivity index (χ1) is 14.1. The Bertz CT molecular complexity index is 346. The molecular weight excluding hydrogens is 368 g/mol. The molecule has 0 saturated heterocycles. The summed E-state index contributed by atoms with van der Waals surface area (Å²) in [5.41, 5.74) is 0. The van der Waals surface area contributed by atoms with Crippen LogP contribution in [0.3, 0.4) is 0 Å². The van der Waals surface area contributed by atoms with Crippen LogP contribution in [0.4, 0.5) is 0 Å². The summed E-state index contributed by atoms with van der Waals surface area (Å²) in [7, 11) is 0. The first kappa shape index (κ1) is 28.4. The number of carbonyl (C=O) groups is 1. The molecule has 0 aromatic carbocycles. The lowest BCUT2D eigenvalue weighted by Gasteiger charge is -2.15. The number of rotatable bonds is 23. The molecule has 0 amide bonds. The van der Waals surface area contributed by atoms with Crippen LogP contribution < -0.4 is 0 Å². The van der Waals surface area contributed by atoms with E-state index in [0.717, 1.165) is 18.9 Å². The number of ether oxygens (including phenoxy) is 2. The van der Waals surface area contributed by atoms with Crippen molar-refractivity contribution in [2.24, 2.45) is 5.92 Å². The Morgan fingerprint density at radius 3 is 1.79 bits per heavy atom. The van der Waals surface area contributed by atoms with Gasteiger partial charge in [-0.2, -0.15) is 0 Å². The third-order valence-electron chi connectivity index (χ3n) is 5.22. The van der Waals surface area contributed by atoms with Gasteiger partial charge in [-0.05, 0) is 25.2 Å². The summed E-state index contributed by atoms with van der Waals surface area (Å²) in [4.78, 5) is 10.4. The number of unbranched alkanes of at least 4 members (excludes halogenated alkanes) is 11. The Kier molecular flexibility index (Phi) is 21.6. The van der Waals surface area contributed by atoms with Crippen LogP contribution >= 0.6 is 0 Å². The summed E-state index contributed by atoms with van der Waals surface area (Å²) in [5.74, 6) is 0.0752. The van der Waals surface area contributed by atoms with Crippen LogP contribution in [0.1, 0.15) is 110 Å². The second kappa shape index (κ2) is 22.0. The van der Waals surface area contributed by atoms with Crippen molar-refractivity contribution in [3.8, 4) is 0 Å². The number of hydrogen-bond acceptors (Lipinski definition) is 4. The standard InChI is InChI=1S/C24H48O5/c1-22(2)16-12-10-8-6-4-3-5-7-9-11-14-18-28-21-23(20-25)29-19-15-13-17-24(26)27/h22-23,25H,3-21H2,1-2H3,(H,26,27)/t23-/m0/s1. The van der Waals surface area contributed by atoms with E-state index in [1.165, 1.54) is 70.6 Å². The van der Waals surface area contributed by atoms with Crippen molar-refractivity contribution in [3.05, 3.63) is 0 Å². The van der Waals surface area contributed by atoms with Crippen molar-refractivity contribution in [2.75, 3.05) is 26.4 Å². The van der Waals surface area contributed by atoms with Gasteiger partial charge in [-0.15, -0.1) is 0 Å². The maximum absolute atomic E-state index is 10.4. The molecule has 2 N–H and O–H groups in total. The normalized spacial score (nSPS) is 12.6. The van der Waals surface area contributed by atoms with Gasteiger partial charge >= 0.3 is 5.97 Å². The van der Waals surface area contributed by atoms with Crippen molar-refractivity contribution in [1.29, 1.82) is 0 Å². The Hall–Kier alpha value is -0.650. The van der Waals surface area contributed by atoms with Gasteiger partial charge in [0, 0.05) is 19.6 Å². The van der Waals surface area contributed by atoms with Crippen molar-refractivity contribution in [2.45, 2.75) is 116 Å². The lowest BCUT2D eigenvalue weighted by atomic mass is 10.0. The van der Waals surface area contributed by atoms with Gasteiger partial charge in [-0.3, -0.25) is 4.79 Å². The van der Waals surface area contributed by atoms with Gasteiger partial charge < -0.3 is 19.7 Å². The van der Waals surface area contributed by atoms with Gasteiger partial charge in [0.2, 0.25) is 0 Å². The van der Waals surface area contributed by atoms with Crippen LogP contribution in [-0.2, 0) is 14.3 Å². The zero-order chi connectivity index (χ0) is 21.6. The van der Waals surface area contributed by atoms with Gasteiger partial charge in [0.25, 0.3) is 0 Å². The average molecular weight is 417 g/mol. The molecule has 174 valence electrons. The lowest BCUT2D eigenvalue weighted by molar-refractivity contribution is -0.137. The number of aliphatic hydroxyl groups excluding tert-OH is 1. The molecule has 0 aromatic rings. The minimum absolute atomic E-state index is 0.0589. The molecule has 1 atom stereocenters. The summed E-state index contributed by atoms with van der Waals surface area (Å²) >= 11 is 0. The van der Waals surface area contributed by atoms with E-state index in [1.54, 1.807) is 0 Å². The highest BCUT2D eigenvalue weighted by Crippen LogP contribution is 2.13. The molecule has 0 heterocycles. The lowest BCUT2D eigenvalue weighted by Crippen LogP contribution is -2.24. The van der Waals surface area contributed by atoms with Crippen LogP contribution in [0.15, 0.2) is 0 Å². The molecule has 0 aliphatic rings. The van der Waals surface area contributed by atoms with Gasteiger partial charge in [-0.1, -0.05) is 84.5 Å². The van der Waals surface area contributed by atoms with Crippen molar-refractivity contribution >= 4 is 5.97 Å². The third-order valence-corrected chi connectivity index (χ3v) is 5.22. The van der Waals surface area contributed by atoms with Gasteiger partial charge in [0.05, 0.1) is 13.2 Å². The van der Waals surface area contributed by atoms with E-state index in [1.807, 2.05) is 0 Å². The number of aliphatic hydroxyl groups is 1. The quantitative estimate of drug-likeness (QED) is 0.201. The average Bonchev–Trinajstić information content (AvgIpc) is 2.68. The Morgan fingerprint density at radius 1 is 0.759 bits per heavy atom. The van der Waals surface area contributed by atoms with E-state index in [-0.39, 0.29) is 19.1 Å². The van der Waals surface area contributed by atoms with Crippen LogP contribution in [0.25, 0.3) is 0 Å². The molecule has 0 aliphatic carbocycles. The second-order valence-corrected chi connectivity index (χ2v) is 8.67. The Labute approximate surface area is 179 Å². The predicted octanol–water partition coefficient (Wildman–Crippen LogP) is 5.97. The van der Waals surface area contributed by atoms with Crippen LogP contribution in [0.2, 0.25) is 0 Å². The van der Waals surface area contributed by atoms with Crippen LogP contribution in [0, 0.1) is 5.92 Å². The van der Waals surface area contributed by atoms with E-state index in [4.69, 9.17) is 14.6 Å². The largest absolute Gasteiger partial charge is 0.481 e. The molecule has 0 aromatic heterocycles. The first-order valence-corrected chi connectivity index (χ1v) is 12.1. The highest BCUT2D eigenvalue weighted by atomic mass is 16.5. The summed E-state index contributed by atoms with van der Waals surface area (Å²) in [6.07, 6.45) is 17.2. The fourth-order valence-electron chi connectivity index (χ4n) is 3.34. The fraction of sp³-hybridized carbons (Fsp3) is 0.958. The molecule has 5 heteroatoms. The number of aliphatic carboxylic acids is 1. The van der Waals surface area contributed by atoms with Gasteiger partial charge in [0.15, 0.2) is 0 Å². The van der Waals surface area contributed by atoms with E-state index in [2.05, 4.69) is 13.8 Å². The monoisotopic (exact) mass is 416 g/mol. The maximum Gasteiger partial charge on any atom is 0.303 e.